The minimum atomic E-state index is -0.214. The molecule has 4 aromatic rings. The molecule has 5 rings (SSSR count). The van der Waals surface area contributed by atoms with Crippen LogP contribution in [0.2, 0.25) is 0 Å². The molecule has 1 aliphatic heterocycles. The summed E-state index contributed by atoms with van der Waals surface area (Å²) in [4.78, 5) is 31.2. The van der Waals surface area contributed by atoms with Crippen molar-refractivity contribution < 1.29 is 9.84 Å². The lowest BCUT2D eigenvalue weighted by Gasteiger charge is -2.32. The summed E-state index contributed by atoms with van der Waals surface area (Å²) in [7, 11) is 1.54. The van der Waals surface area contributed by atoms with Crippen LogP contribution >= 0.6 is 0 Å². The summed E-state index contributed by atoms with van der Waals surface area (Å²) < 4.78 is 5.22. The van der Waals surface area contributed by atoms with Gasteiger partial charge in [0, 0.05) is 18.4 Å². The summed E-state index contributed by atoms with van der Waals surface area (Å²) in [5.41, 5.74) is 4.34. The van der Waals surface area contributed by atoms with E-state index in [-0.39, 0.29) is 12.2 Å². The number of hydrogen-bond donors (Lipinski definition) is 3. The zero-order chi connectivity index (χ0) is 25.1. The molecule has 186 valence electrons. The van der Waals surface area contributed by atoms with Crippen molar-refractivity contribution in [3.63, 3.8) is 0 Å². The maximum atomic E-state index is 12.7. The quantitative estimate of drug-likeness (QED) is 0.363. The van der Waals surface area contributed by atoms with Gasteiger partial charge in [-0.3, -0.25) is 9.78 Å². The minimum absolute atomic E-state index is 0.210. The third kappa shape index (κ3) is 4.93. The SMILES string of the molecule is COc1cncc(-c2cc3cc[nH]c(=O)c3c(Nc3ccc(C4CCN(CCO)CC4)c(C)c3)n2)n1. The number of anilines is 2. The highest BCUT2D eigenvalue weighted by atomic mass is 16.5. The van der Waals surface area contributed by atoms with Crippen LogP contribution in [-0.4, -0.2) is 63.3 Å². The lowest BCUT2D eigenvalue weighted by molar-refractivity contribution is 0.164. The molecule has 0 aliphatic carbocycles. The van der Waals surface area contributed by atoms with Gasteiger partial charge in [0.1, 0.15) is 11.5 Å². The van der Waals surface area contributed by atoms with Crippen molar-refractivity contribution in [2.75, 3.05) is 38.7 Å². The number of aliphatic hydroxyl groups is 1. The number of nitrogens with one attached hydrogen (secondary N) is 2. The number of piperidine rings is 1. The average Bonchev–Trinajstić information content (AvgIpc) is 2.89. The first-order valence-electron chi connectivity index (χ1n) is 12.2. The standard InChI is InChI=1S/C27H30N6O3/c1-17-13-20(3-4-21(17)18-6-9-33(10-7-18)11-12-34)30-26-25-19(5-8-29-27(25)35)14-22(32-26)23-15-28-16-24(31-23)36-2/h3-5,8,13-16,18,34H,6-7,9-12H2,1-2H3,(H,29,35)(H,30,32). The molecule has 1 aromatic carbocycles. The summed E-state index contributed by atoms with van der Waals surface area (Å²) in [6.07, 6.45) is 6.95. The predicted octanol–water partition coefficient (Wildman–Crippen LogP) is 3.61. The molecule has 36 heavy (non-hydrogen) atoms. The maximum absolute atomic E-state index is 12.7. The number of rotatable bonds is 7. The largest absolute Gasteiger partial charge is 0.480 e. The molecule has 1 saturated heterocycles. The van der Waals surface area contributed by atoms with Crippen molar-refractivity contribution in [2.24, 2.45) is 0 Å². The Balaban J connectivity index is 1.46. The highest BCUT2D eigenvalue weighted by Gasteiger charge is 2.22. The number of β-amino-alcohol motifs (C(OH)–C–C–N with tert-alkyl or cyclic N) is 1. The lowest BCUT2D eigenvalue weighted by atomic mass is 9.86. The van der Waals surface area contributed by atoms with Gasteiger partial charge in [-0.25, -0.2) is 9.97 Å². The van der Waals surface area contributed by atoms with Crippen LogP contribution in [0.1, 0.15) is 29.9 Å². The first-order valence-corrected chi connectivity index (χ1v) is 12.2. The topological polar surface area (TPSA) is 116 Å². The molecule has 1 fully saturated rings. The molecule has 3 aromatic heterocycles. The monoisotopic (exact) mass is 486 g/mol. The van der Waals surface area contributed by atoms with E-state index in [0.29, 0.717) is 34.4 Å². The minimum Gasteiger partial charge on any atom is -0.480 e. The fourth-order valence-corrected chi connectivity index (χ4v) is 4.96. The van der Waals surface area contributed by atoms with Crippen LogP contribution in [0.5, 0.6) is 5.88 Å². The molecule has 1 aliphatic rings. The fraction of sp³-hybridized carbons (Fsp3) is 0.333. The molecule has 0 radical (unpaired) electrons. The van der Waals surface area contributed by atoms with Crippen molar-refractivity contribution in [2.45, 2.75) is 25.7 Å². The number of likely N-dealkylation sites (tertiary alicyclic amines) is 1. The first-order chi connectivity index (χ1) is 17.6. The van der Waals surface area contributed by atoms with Crippen molar-refractivity contribution in [1.29, 1.82) is 0 Å². The Kier molecular flexibility index (Phi) is 6.92. The third-order valence-corrected chi connectivity index (χ3v) is 6.81. The van der Waals surface area contributed by atoms with Gasteiger partial charge in [-0.15, -0.1) is 0 Å². The molecular formula is C27H30N6O3. The Hall–Kier alpha value is -3.82. The number of H-pyrrole nitrogens is 1. The number of hydrogen-bond acceptors (Lipinski definition) is 8. The second-order valence-electron chi connectivity index (χ2n) is 9.11. The lowest BCUT2D eigenvalue weighted by Crippen LogP contribution is -2.35. The van der Waals surface area contributed by atoms with Crippen molar-refractivity contribution in [3.8, 4) is 17.3 Å². The molecule has 4 heterocycles. The van der Waals surface area contributed by atoms with Gasteiger partial charge in [-0.05, 0) is 79.6 Å². The Bertz CT molecular complexity index is 1430. The van der Waals surface area contributed by atoms with Gasteiger partial charge in [-0.2, -0.15) is 0 Å². The molecule has 0 bridgehead atoms. The van der Waals surface area contributed by atoms with Gasteiger partial charge in [0.05, 0.1) is 37.2 Å². The summed E-state index contributed by atoms with van der Waals surface area (Å²) in [6.45, 7) is 5.09. The van der Waals surface area contributed by atoms with Gasteiger partial charge < -0.3 is 25.0 Å². The van der Waals surface area contributed by atoms with Crippen molar-refractivity contribution in [3.05, 3.63) is 70.4 Å². The van der Waals surface area contributed by atoms with Crippen LogP contribution in [-0.2, 0) is 0 Å². The van der Waals surface area contributed by atoms with Crippen LogP contribution in [0.15, 0.2) is 53.7 Å². The molecule has 0 atom stereocenters. The third-order valence-electron chi connectivity index (χ3n) is 6.81. The van der Waals surface area contributed by atoms with Gasteiger partial charge in [-0.1, -0.05) is 6.07 Å². The van der Waals surface area contributed by atoms with Crippen molar-refractivity contribution in [1.82, 2.24) is 24.8 Å². The highest BCUT2D eigenvalue weighted by molar-refractivity contribution is 5.94. The van der Waals surface area contributed by atoms with E-state index < -0.39 is 0 Å². The van der Waals surface area contributed by atoms with Crippen LogP contribution in [0.3, 0.4) is 0 Å². The van der Waals surface area contributed by atoms with Crippen LogP contribution < -0.4 is 15.6 Å². The average molecular weight is 487 g/mol. The second kappa shape index (κ2) is 10.4. The summed E-state index contributed by atoms with van der Waals surface area (Å²) in [5.74, 6) is 1.35. The molecule has 0 saturated carbocycles. The van der Waals surface area contributed by atoms with Gasteiger partial charge in [0.25, 0.3) is 5.56 Å². The van der Waals surface area contributed by atoms with Gasteiger partial charge in [0.15, 0.2) is 0 Å². The van der Waals surface area contributed by atoms with E-state index in [1.807, 2.05) is 18.2 Å². The number of aromatic nitrogens is 4. The zero-order valence-electron chi connectivity index (χ0n) is 20.5. The summed E-state index contributed by atoms with van der Waals surface area (Å²) in [6, 6.07) is 10.0. The number of fused-ring (bicyclic) bond motifs is 1. The number of nitrogens with zero attached hydrogens (tertiary/aromatic N) is 4. The molecule has 9 nitrogen and oxygen atoms in total. The van der Waals surface area contributed by atoms with E-state index in [4.69, 9.17) is 9.72 Å². The highest BCUT2D eigenvalue weighted by Crippen LogP contribution is 2.33. The van der Waals surface area contributed by atoms with Gasteiger partial charge >= 0.3 is 0 Å². The molecular weight excluding hydrogens is 456 g/mol. The molecule has 0 amide bonds. The normalized spacial score (nSPS) is 14.8. The van der Waals surface area contributed by atoms with E-state index >= 15 is 0 Å². The number of aliphatic hydroxyl groups excluding tert-OH is 1. The van der Waals surface area contributed by atoms with E-state index in [0.717, 1.165) is 43.5 Å². The van der Waals surface area contributed by atoms with E-state index in [9.17, 15) is 9.90 Å². The number of pyridine rings is 2. The van der Waals surface area contributed by atoms with Crippen LogP contribution in [0, 0.1) is 6.92 Å². The summed E-state index contributed by atoms with van der Waals surface area (Å²) in [5, 5.41) is 13.8. The predicted molar refractivity (Wildman–Crippen MR) is 140 cm³/mol. The second-order valence-corrected chi connectivity index (χ2v) is 9.11. The molecule has 0 spiro atoms. The first kappa shape index (κ1) is 23.9. The Morgan fingerprint density at radius 1 is 1.14 bits per heavy atom. The van der Waals surface area contributed by atoms with E-state index in [1.165, 1.54) is 17.3 Å². The Labute approximate surface area is 209 Å². The van der Waals surface area contributed by atoms with Gasteiger partial charge in [0.2, 0.25) is 5.88 Å². The fourth-order valence-electron chi connectivity index (χ4n) is 4.96. The molecule has 9 heteroatoms. The number of ether oxygens (including phenoxy) is 1. The molecule has 0 unspecified atom stereocenters. The Morgan fingerprint density at radius 3 is 2.72 bits per heavy atom. The van der Waals surface area contributed by atoms with E-state index in [1.54, 1.807) is 19.5 Å². The zero-order valence-corrected chi connectivity index (χ0v) is 20.5. The summed E-state index contributed by atoms with van der Waals surface area (Å²) >= 11 is 0. The number of aryl methyl sites for hydroxylation is 1. The Morgan fingerprint density at radius 2 is 1.97 bits per heavy atom. The van der Waals surface area contributed by atoms with Crippen LogP contribution in [0.4, 0.5) is 11.5 Å². The van der Waals surface area contributed by atoms with E-state index in [2.05, 4.69) is 44.2 Å². The van der Waals surface area contributed by atoms with Crippen LogP contribution in [0.25, 0.3) is 22.2 Å². The molecule has 3 N–H and O–H groups in total. The number of benzene rings is 1. The smallest absolute Gasteiger partial charge is 0.259 e. The maximum Gasteiger partial charge on any atom is 0.259 e. The van der Waals surface area contributed by atoms with Crippen molar-refractivity contribution >= 4 is 22.3 Å². The number of methoxy groups -OCH3 is 1. The number of aromatic amines is 1.